The van der Waals surface area contributed by atoms with Gasteiger partial charge in [-0.2, -0.15) is 0 Å². The van der Waals surface area contributed by atoms with Gasteiger partial charge in [0.05, 0.1) is 22.6 Å². The molecule has 6 heteroatoms. The first kappa shape index (κ1) is 18.7. The predicted octanol–water partition coefficient (Wildman–Crippen LogP) is 3.58. The van der Waals surface area contributed by atoms with Crippen molar-refractivity contribution in [2.45, 2.75) is 33.1 Å². The quantitative estimate of drug-likeness (QED) is 0.816. The van der Waals surface area contributed by atoms with E-state index in [-0.39, 0.29) is 11.8 Å². The Kier molecular flexibility index (Phi) is 6.24. The van der Waals surface area contributed by atoms with Gasteiger partial charge >= 0.3 is 0 Å². The van der Waals surface area contributed by atoms with Gasteiger partial charge in [0.25, 0.3) is 5.91 Å². The highest BCUT2D eigenvalue weighted by Crippen LogP contribution is 2.42. The summed E-state index contributed by atoms with van der Waals surface area (Å²) in [7, 11) is 1.61. The highest BCUT2D eigenvalue weighted by atomic mass is 35.5. The smallest absolute Gasteiger partial charge is 0.255 e. The Bertz CT molecular complexity index is 610. The summed E-state index contributed by atoms with van der Waals surface area (Å²) in [5.74, 6) is -0.146. The average Bonchev–Trinajstić information content (AvgIpc) is 2.51. The Morgan fingerprint density at radius 3 is 2.42 bits per heavy atom. The maximum absolute atomic E-state index is 12.5. The Morgan fingerprint density at radius 1 is 1.29 bits per heavy atom. The lowest BCUT2D eigenvalue weighted by Gasteiger charge is -2.39. The Labute approximate surface area is 148 Å². The minimum Gasteiger partial charge on any atom is -0.384 e. The second kappa shape index (κ2) is 7.99. The third kappa shape index (κ3) is 3.73. The number of amides is 2. The van der Waals surface area contributed by atoms with Gasteiger partial charge in [0.15, 0.2) is 0 Å². The summed E-state index contributed by atoms with van der Waals surface area (Å²) in [6, 6.07) is 5.03. The van der Waals surface area contributed by atoms with Crippen LogP contribution in [0.3, 0.4) is 0 Å². The summed E-state index contributed by atoms with van der Waals surface area (Å²) >= 11 is 6.27. The van der Waals surface area contributed by atoms with Crippen LogP contribution in [0.4, 0.5) is 5.69 Å². The molecule has 0 bridgehead atoms. The zero-order chi connectivity index (χ0) is 17.7. The number of rotatable bonds is 7. The van der Waals surface area contributed by atoms with Gasteiger partial charge in [-0.15, -0.1) is 0 Å². The highest BCUT2D eigenvalue weighted by Gasteiger charge is 2.44. The number of carbonyl (C=O) groups is 2. The van der Waals surface area contributed by atoms with Crippen LogP contribution in [-0.2, 0) is 9.53 Å². The second-order valence-electron chi connectivity index (χ2n) is 6.19. The molecule has 0 saturated heterocycles. The molecule has 1 fully saturated rings. The van der Waals surface area contributed by atoms with E-state index in [2.05, 4.69) is 5.32 Å². The van der Waals surface area contributed by atoms with Gasteiger partial charge in [0, 0.05) is 25.9 Å². The van der Waals surface area contributed by atoms with Gasteiger partial charge < -0.3 is 15.0 Å². The van der Waals surface area contributed by atoms with E-state index >= 15 is 0 Å². The number of benzene rings is 1. The molecule has 0 atom stereocenters. The van der Waals surface area contributed by atoms with Crippen LogP contribution in [0.1, 0.15) is 43.5 Å². The molecule has 5 nitrogen and oxygen atoms in total. The summed E-state index contributed by atoms with van der Waals surface area (Å²) in [6.45, 7) is 5.54. The summed E-state index contributed by atoms with van der Waals surface area (Å²) in [4.78, 5) is 26.6. The van der Waals surface area contributed by atoms with Crippen molar-refractivity contribution in [2.75, 3.05) is 32.1 Å². The third-order valence-corrected chi connectivity index (χ3v) is 5.03. The van der Waals surface area contributed by atoms with Gasteiger partial charge in [-0.1, -0.05) is 18.0 Å². The van der Waals surface area contributed by atoms with Gasteiger partial charge in [-0.05, 0) is 44.9 Å². The Morgan fingerprint density at radius 2 is 1.96 bits per heavy atom. The van der Waals surface area contributed by atoms with Gasteiger partial charge in [-0.25, -0.2) is 0 Å². The zero-order valence-corrected chi connectivity index (χ0v) is 15.3. The van der Waals surface area contributed by atoms with E-state index < -0.39 is 5.41 Å². The van der Waals surface area contributed by atoms with E-state index in [4.69, 9.17) is 16.3 Å². The molecule has 0 spiro atoms. The van der Waals surface area contributed by atoms with Crippen molar-refractivity contribution >= 4 is 29.1 Å². The second-order valence-corrected chi connectivity index (χ2v) is 6.60. The maximum atomic E-state index is 12.5. The van der Waals surface area contributed by atoms with Crippen molar-refractivity contribution in [3.8, 4) is 0 Å². The molecule has 1 aliphatic carbocycles. The molecule has 2 amide bonds. The van der Waals surface area contributed by atoms with Crippen molar-refractivity contribution in [1.82, 2.24) is 4.90 Å². The standard InChI is InChI=1S/C18H25ClN2O3/c1-4-21(5-2)16(22)14-8-7-13(11-15(14)19)20-17(23)18(12-24-3)9-6-10-18/h7-8,11H,4-6,9-10,12H2,1-3H3,(H,20,23). The summed E-state index contributed by atoms with van der Waals surface area (Å²) in [5, 5.41) is 3.25. The van der Waals surface area contributed by atoms with E-state index in [1.165, 1.54) is 0 Å². The van der Waals surface area contributed by atoms with E-state index in [9.17, 15) is 9.59 Å². The van der Waals surface area contributed by atoms with E-state index in [0.717, 1.165) is 19.3 Å². The monoisotopic (exact) mass is 352 g/mol. The maximum Gasteiger partial charge on any atom is 0.255 e. The van der Waals surface area contributed by atoms with Crippen LogP contribution in [0.5, 0.6) is 0 Å². The van der Waals surface area contributed by atoms with Crippen molar-refractivity contribution < 1.29 is 14.3 Å². The number of nitrogens with one attached hydrogen (secondary N) is 1. The topological polar surface area (TPSA) is 58.6 Å². The normalized spacial score (nSPS) is 15.5. The summed E-state index contributed by atoms with van der Waals surface area (Å²) in [6.07, 6.45) is 2.70. The first-order valence-electron chi connectivity index (χ1n) is 8.36. The highest BCUT2D eigenvalue weighted by molar-refractivity contribution is 6.34. The van der Waals surface area contributed by atoms with Gasteiger partial charge in [-0.3, -0.25) is 9.59 Å². The minimum atomic E-state index is -0.434. The number of halogens is 1. The largest absolute Gasteiger partial charge is 0.384 e. The molecule has 1 saturated carbocycles. The van der Waals surface area contributed by atoms with Crippen LogP contribution in [-0.4, -0.2) is 43.5 Å². The number of hydrogen-bond donors (Lipinski definition) is 1. The molecule has 2 rings (SSSR count). The van der Waals surface area contributed by atoms with E-state index in [1.54, 1.807) is 30.2 Å². The van der Waals surface area contributed by atoms with Crippen LogP contribution < -0.4 is 5.32 Å². The fourth-order valence-electron chi connectivity index (χ4n) is 3.03. The average molecular weight is 353 g/mol. The Balaban J connectivity index is 2.12. The minimum absolute atomic E-state index is 0.0468. The molecule has 1 aromatic rings. The first-order valence-corrected chi connectivity index (χ1v) is 8.74. The lowest BCUT2D eigenvalue weighted by atomic mass is 9.68. The molecule has 0 radical (unpaired) electrons. The number of hydrogen-bond acceptors (Lipinski definition) is 3. The third-order valence-electron chi connectivity index (χ3n) is 4.72. The number of nitrogens with zero attached hydrogens (tertiary/aromatic N) is 1. The van der Waals surface area contributed by atoms with Crippen LogP contribution in [0.25, 0.3) is 0 Å². The fraction of sp³-hybridized carbons (Fsp3) is 0.556. The predicted molar refractivity (Wildman–Crippen MR) is 95.5 cm³/mol. The van der Waals surface area contributed by atoms with Gasteiger partial charge in [0.1, 0.15) is 0 Å². The molecular weight excluding hydrogens is 328 g/mol. The molecule has 0 heterocycles. The lowest BCUT2D eigenvalue weighted by molar-refractivity contribution is -0.134. The SMILES string of the molecule is CCN(CC)C(=O)c1ccc(NC(=O)C2(COC)CCC2)cc1Cl. The molecule has 0 aromatic heterocycles. The molecular formula is C18H25ClN2O3. The van der Waals surface area contributed by atoms with Gasteiger partial charge in [0.2, 0.25) is 5.91 Å². The van der Waals surface area contributed by atoms with E-state index in [1.807, 2.05) is 13.8 Å². The molecule has 1 N–H and O–H groups in total. The zero-order valence-electron chi connectivity index (χ0n) is 14.5. The van der Waals surface area contributed by atoms with Crippen molar-refractivity contribution in [3.63, 3.8) is 0 Å². The number of carbonyl (C=O) groups excluding carboxylic acids is 2. The van der Waals surface area contributed by atoms with Crippen molar-refractivity contribution in [1.29, 1.82) is 0 Å². The van der Waals surface area contributed by atoms with Crippen LogP contribution in [0.15, 0.2) is 18.2 Å². The van der Waals surface area contributed by atoms with Crippen LogP contribution in [0, 0.1) is 5.41 Å². The van der Waals surface area contributed by atoms with Crippen LogP contribution in [0.2, 0.25) is 5.02 Å². The lowest BCUT2D eigenvalue weighted by Crippen LogP contribution is -2.45. The number of anilines is 1. The first-order chi connectivity index (χ1) is 11.5. The molecule has 24 heavy (non-hydrogen) atoms. The Hall–Kier alpha value is -1.59. The molecule has 0 unspecified atom stereocenters. The molecule has 1 aliphatic rings. The molecule has 0 aliphatic heterocycles. The van der Waals surface area contributed by atoms with Crippen molar-refractivity contribution in [3.05, 3.63) is 28.8 Å². The van der Waals surface area contributed by atoms with Crippen LogP contribution >= 0.6 is 11.6 Å². The molecule has 1 aromatic carbocycles. The molecule has 132 valence electrons. The summed E-state index contributed by atoms with van der Waals surface area (Å²) < 4.78 is 5.20. The number of methoxy groups -OCH3 is 1. The summed E-state index contributed by atoms with van der Waals surface area (Å²) in [5.41, 5.74) is 0.619. The fourth-order valence-corrected chi connectivity index (χ4v) is 3.29. The van der Waals surface area contributed by atoms with Crippen molar-refractivity contribution in [2.24, 2.45) is 5.41 Å². The van der Waals surface area contributed by atoms with E-state index in [0.29, 0.717) is 36.0 Å². The number of ether oxygens (including phenoxy) is 1.